The van der Waals surface area contributed by atoms with E-state index in [0.717, 1.165) is 29.8 Å². The minimum absolute atomic E-state index is 0.0257. The molecule has 2 aromatic rings. The second-order valence-electron chi connectivity index (χ2n) is 10.8. The van der Waals surface area contributed by atoms with Gasteiger partial charge < -0.3 is 15.1 Å². The Kier molecular flexibility index (Phi) is 6.90. The van der Waals surface area contributed by atoms with Crippen LogP contribution in [0.4, 0.5) is 5.82 Å². The smallest absolute Gasteiger partial charge is 0.226 e. The third-order valence-electron chi connectivity index (χ3n) is 6.83. The fraction of sp³-hybridized carbons (Fsp3) is 0.560. The first-order chi connectivity index (χ1) is 16.4. The van der Waals surface area contributed by atoms with Crippen LogP contribution in [0.3, 0.4) is 0 Å². The molecule has 3 amide bonds. The first-order valence-corrected chi connectivity index (χ1v) is 12.3. The molecule has 2 aliphatic heterocycles. The molecule has 35 heavy (non-hydrogen) atoms. The van der Waals surface area contributed by atoms with Crippen LogP contribution in [-0.4, -0.2) is 69.5 Å². The van der Waals surface area contributed by atoms with E-state index in [1.807, 2.05) is 10.9 Å². The molecular formula is C25H33ClN6O3. The number of hydrogen-bond acceptors (Lipinski definition) is 5. The monoisotopic (exact) mass is 500 g/mol. The van der Waals surface area contributed by atoms with E-state index in [4.69, 9.17) is 11.6 Å². The molecule has 2 atom stereocenters. The second kappa shape index (κ2) is 9.60. The van der Waals surface area contributed by atoms with Crippen molar-refractivity contribution in [1.29, 1.82) is 0 Å². The summed E-state index contributed by atoms with van der Waals surface area (Å²) >= 11 is 6.48. The molecule has 0 saturated carbocycles. The Hall–Kier alpha value is -2.94. The van der Waals surface area contributed by atoms with Gasteiger partial charge in [0.15, 0.2) is 0 Å². The lowest BCUT2D eigenvalue weighted by molar-refractivity contribution is -0.140. The molecule has 1 fully saturated rings. The van der Waals surface area contributed by atoms with Gasteiger partial charge in [0.1, 0.15) is 5.82 Å². The zero-order valence-electron chi connectivity index (χ0n) is 21.0. The summed E-state index contributed by atoms with van der Waals surface area (Å²) in [6.45, 7) is 7.61. The predicted molar refractivity (Wildman–Crippen MR) is 134 cm³/mol. The van der Waals surface area contributed by atoms with Gasteiger partial charge in [-0.15, -0.1) is 0 Å². The van der Waals surface area contributed by atoms with Crippen LogP contribution in [0.25, 0.3) is 11.1 Å². The number of anilines is 1. The van der Waals surface area contributed by atoms with Gasteiger partial charge in [-0.3, -0.25) is 19.1 Å². The number of amides is 3. The standard InChI is InChI=1S/C25H33ClN6O3/c1-15(33)31-12-16(6-17(13-31)24(35)30(4)5)7-23(34)29-22-8-18(20(26)11-27-22)19-10-28-32-14-25(2,3)9-21(19)32/h8,10-11,16-17H,6-7,9,12-14H2,1-5H3,(H,27,29,34)/t16-,17-/m0/s1. The fourth-order valence-electron chi connectivity index (χ4n) is 5.20. The molecule has 1 N–H and O–H groups in total. The van der Waals surface area contributed by atoms with Gasteiger partial charge in [0.05, 0.1) is 17.1 Å². The molecule has 2 aliphatic rings. The van der Waals surface area contributed by atoms with Gasteiger partial charge >= 0.3 is 0 Å². The third kappa shape index (κ3) is 5.50. The van der Waals surface area contributed by atoms with Gasteiger partial charge in [-0.2, -0.15) is 5.10 Å². The molecule has 10 heteroatoms. The van der Waals surface area contributed by atoms with Crippen molar-refractivity contribution < 1.29 is 14.4 Å². The zero-order chi connectivity index (χ0) is 25.5. The van der Waals surface area contributed by atoms with Crippen molar-refractivity contribution in [2.45, 2.75) is 46.6 Å². The van der Waals surface area contributed by atoms with Crippen molar-refractivity contribution in [3.8, 4) is 11.1 Å². The van der Waals surface area contributed by atoms with Crippen LogP contribution >= 0.6 is 11.6 Å². The van der Waals surface area contributed by atoms with Crippen LogP contribution in [0.15, 0.2) is 18.5 Å². The second-order valence-corrected chi connectivity index (χ2v) is 11.2. The Morgan fingerprint density at radius 3 is 2.63 bits per heavy atom. The number of fused-ring (bicyclic) bond motifs is 1. The van der Waals surface area contributed by atoms with E-state index in [9.17, 15) is 14.4 Å². The van der Waals surface area contributed by atoms with Gasteiger partial charge in [0.2, 0.25) is 17.7 Å². The molecule has 0 unspecified atom stereocenters. The fourth-order valence-corrected chi connectivity index (χ4v) is 5.40. The maximum Gasteiger partial charge on any atom is 0.226 e. The van der Waals surface area contributed by atoms with Crippen molar-refractivity contribution in [2.75, 3.05) is 32.5 Å². The molecule has 4 rings (SSSR count). The van der Waals surface area contributed by atoms with Gasteiger partial charge in [0, 0.05) is 70.1 Å². The number of carbonyl (C=O) groups excluding carboxylic acids is 3. The number of carbonyl (C=O) groups is 3. The number of likely N-dealkylation sites (tertiary alicyclic amines) is 1. The number of nitrogens with zero attached hydrogens (tertiary/aromatic N) is 5. The molecule has 0 bridgehead atoms. The molecule has 1 saturated heterocycles. The summed E-state index contributed by atoms with van der Waals surface area (Å²) in [5.41, 5.74) is 3.00. The van der Waals surface area contributed by atoms with E-state index in [1.165, 1.54) is 6.92 Å². The highest BCUT2D eigenvalue weighted by Gasteiger charge is 2.35. The van der Waals surface area contributed by atoms with E-state index in [0.29, 0.717) is 30.4 Å². The van der Waals surface area contributed by atoms with E-state index in [2.05, 4.69) is 29.2 Å². The molecule has 0 aromatic carbocycles. The number of piperidine rings is 1. The molecule has 2 aromatic heterocycles. The number of rotatable bonds is 5. The summed E-state index contributed by atoms with van der Waals surface area (Å²) in [6.07, 6.45) is 5.01. The van der Waals surface area contributed by atoms with Gasteiger partial charge in [-0.05, 0) is 30.2 Å². The van der Waals surface area contributed by atoms with E-state index in [-0.39, 0.29) is 41.4 Å². The van der Waals surface area contributed by atoms with Crippen molar-refractivity contribution in [3.05, 3.63) is 29.2 Å². The zero-order valence-corrected chi connectivity index (χ0v) is 21.7. The lowest BCUT2D eigenvalue weighted by atomic mass is 9.86. The average Bonchev–Trinajstić information content (AvgIpc) is 3.29. The first kappa shape index (κ1) is 25.2. The molecule has 0 spiro atoms. The minimum Gasteiger partial charge on any atom is -0.349 e. The maximum atomic E-state index is 12.9. The Balaban J connectivity index is 1.47. The van der Waals surface area contributed by atoms with Crippen LogP contribution in [0, 0.1) is 17.3 Å². The van der Waals surface area contributed by atoms with Gasteiger partial charge in [-0.25, -0.2) is 4.98 Å². The summed E-state index contributed by atoms with van der Waals surface area (Å²) in [5, 5.41) is 7.90. The molecule has 9 nitrogen and oxygen atoms in total. The molecule has 188 valence electrons. The van der Waals surface area contributed by atoms with Crippen LogP contribution in [-0.2, 0) is 27.3 Å². The highest BCUT2D eigenvalue weighted by atomic mass is 35.5. The van der Waals surface area contributed by atoms with E-state index in [1.54, 1.807) is 36.2 Å². The number of aromatic nitrogens is 3. The lowest BCUT2D eigenvalue weighted by Crippen LogP contribution is -2.48. The Morgan fingerprint density at radius 2 is 1.94 bits per heavy atom. The highest BCUT2D eigenvalue weighted by molar-refractivity contribution is 6.33. The largest absolute Gasteiger partial charge is 0.349 e. The summed E-state index contributed by atoms with van der Waals surface area (Å²) in [7, 11) is 3.41. The van der Waals surface area contributed by atoms with Crippen molar-refractivity contribution in [1.82, 2.24) is 24.6 Å². The minimum atomic E-state index is -0.311. The molecule has 0 radical (unpaired) electrons. The third-order valence-corrected chi connectivity index (χ3v) is 7.13. The molecule has 0 aliphatic carbocycles. The maximum absolute atomic E-state index is 12.9. The van der Waals surface area contributed by atoms with Crippen molar-refractivity contribution in [3.63, 3.8) is 0 Å². The summed E-state index contributed by atoms with van der Waals surface area (Å²) in [5.74, 6) is -0.343. The number of hydrogen-bond donors (Lipinski definition) is 1. The molecule has 4 heterocycles. The Labute approximate surface area is 210 Å². The Morgan fingerprint density at radius 1 is 1.20 bits per heavy atom. The average molecular weight is 501 g/mol. The quantitative estimate of drug-likeness (QED) is 0.680. The summed E-state index contributed by atoms with van der Waals surface area (Å²) in [6, 6.07) is 1.78. The van der Waals surface area contributed by atoms with Crippen LogP contribution in [0.2, 0.25) is 5.02 Å². The SMILES string of the molecule is CC(=O)N1C[C@H](CC(=O)Nc2cc(-c3cnn4c3CC(C)(C)C4)c(Cl)cn2)C[C@H](C(=O)N(C)C)C1. The number of halogens is 1. The van der Waals surface area contributed by atoms with Crippen LogP contribution in [0.1, 0.15) is 39.3 Å². The normalized spacial score (nSPS) is 20.9. The lowest BCUT2D eigenvalue weighted by Gasteiger charge is -2.37. The topological polar surface area (TPSA) is 100 Å². The summed E-state index contributed by atoms with van der Waals surface area (Å²) < 4.78 is 2.01. The summed E-state index contributed by atoms with van der Waals surface area (Å²) in [4.78, 5) is 45.0. The first-order valence-electron chi connectivity index (χ1n) is 11.9. The Bertz CT molecular complexity index is 1160. The predicted octanol–water partition coefficient (Wildman–Crippen LogP) is 3.08. The van der Waals surface area contributed by atoms with E-state index >= 15 is 0 Å². The van der Waals surface area contributed by atoms with E-state index < -0.39 is 0 Å². The van der Waals surface area contributed by atoms with Crippen LogP contribution in [0.5, 0.6) is 0 Å². The van der Waals surface area contributed by atoms with Gasteiger partial charge in [-0.1, -0.05) is 25.4 Å². The number of pyridine rings is 1. The van der Waals surface area contributed by atoms with Gasteiger partial charge in [0.25, 0.3) is 0 Å². The molecular weight excluding hydrogens is 468 g/mol. The van der Waals surface area contributed by atoms with Crippen LogP contribution < -0.4 is 5.32 Å². The van der Waals surface area contributed by atoms with Crippen molar-refractivity contribution >= 4 is 35.1 Å². The number of nitrogens with one attached hydrogen (secondary N) is 1. The highest BCUT2D eigenvalue weighted by Crippen LogP contribution is 2.39. The van der Waals surface area contributed by atoms with Crippen molar-refractivity contribution in [2.24, 2.45) is 17.3 Å².